The number of aryl methyl sites for hydroxylation is 1. The molecule has 0 unspecified atom stereocenters. The quantitative estimate of drug-likeness (QED) is 0.774. The van der Waals surface area contributed by atoms with Gasteiger partial charge in [-0.25, -0.2) is 4.68 Å². The van der Waals surface area contributed by atoms with Gasteiger partial charge in [0.15, 0.2) is 0 Å². The van der Waals surface area contributed by atoms with Crippen LogP contribution in [0.1, 0.15) is 36.0 Å². The maximum Gasteiger partial charge on any atom is 0.226 e. The highest BCUT2D eigenvalue weighted by atomic mass is 16.5. The number of amides is 1. The zero-order chi connectivity index (χ0) is 18.1. The van der Waals surface area contributed by atoms with Crippen molar-refractivity contribution in [1.29, 1.82) is 0 Å². The highest BCUT2D eigenvalue weighted by Crippen LogP contribution is 2.38. The second kappa shape index (κ2) is 6.67. The summed E-state index contributed by atoms with van der Waals surface area (Å²) in [4.78, 5) is 12.3. The fraction of sp³-hybridized carbons (Fsp3) is 0.238. The third kappa shape index (κ3) is 2.96. The number of nitrogens with one attached hydrogen (secondary N) is 1. The third-order valence-electron chi connectivity index (χ3n) is 4.69. The van der Waals surface area contributed by atoms with Crippen LogP contribution in [0, 0.1) is 6.92 Å². The Morgan fingerprint density at radius 1 is 1.15 bits per heavy atom. The van der Waals surface area contributed by atoms with Crippen LogP contribution in [0.5, 0.6) is 5.75 Å². The molecule has 1 atom stereocenters. The van der Waals surface area contributed by atoms with Gasteiger partial charge in [0.2, 0.25) is 5.91 Å². The van der Waals surface area contributed by atoms with E-state index in [0.29, 0.717) is 13.0 Å². The molecule has 1 aliphatic rings. The van der Waals surface area contributed by atoms with Gasteiger partial charge in [0.1, 0.15) is 11.6 Å². The number of hydrogen-bond acceptors (Lipinski definition) is 3. The van der Waals surface area contributed by atoms with Gasteiger partial charge in [0.25, 0.3) is 0 Å². The molecule has 0 spiro atoms. The number of carbonyl (C=O) groups excluding carboxylic acids is 1. The Hall–Kier alpha value is -3.08. The summed E-state index contributed by atoms with van der Waals surface area (Å²) >= 11 is 0. The van der Waals surface area contributed by atoms with E-state index in [9.17, 15) is 4.79 Å². The van der Waals surface area contributed by atoms with Gasteiger partial charge in [-0.15, -0.1) is 0 Å². The summed E-state index contributed by atoms with van der Waals surface area (Å²) in [6, 6.07) is 16.1. The van der Waals surface area contributed by atoms with Crippen LogP contribution in [0.2, 0.25) is 0 Å². The average Bonchev–Trinajstić information content (AvgIpc) is 3.06. The average molecular weight is 347 g/mol. The summed E-state index contributed by atoms with van der Waals surface area (Å²) in [5.74, 6) is 1.59. The lowest BCUT2D eigenvalue weighted by Crippen LogP contribution is -2.24. The van der Waals surface area contributed by atoms with E-state index in [0.717, 1.165) is 28.4 Å². The van der Waals surface area contributed by atoms with Crippen molar-refractivity contribution < 1.29 is 9.53 Å². The lowest BCUT2D eigenvalue weighted by atomic mass is 9.87. The Bertz CT molecular complexity index is 927. The molecule has 0 aliphatic carbocycles. The minimum atomic E-state index is -0.00590. The van der Waals surface area contributed by atoms with Gasteiger partial charge in [-0.3, -0.25) is 4.79 Å². The van der Waals surface area contributed by atoms with Crippen molar-refractivity contribution >= 4 is 11.7 Å². The van der Waals surface area contributed by atoms with Crippen LogP contribution in [0.4, 0.5) is 5.82 Å². The lowest BCUT2D eigenvalue weighted by Gasteiger charge is -2.24. The minimum absolute atomic E-state index is 0.00486. The molecular formula is C21H21N3O2. The number of rotatable bonds is 4. The summed E-state index contributed by atoms with van der Waals surface area (Å²) in [5, 5.41) is 7.52. The topological polar surface area (TPSA) is 56.1 Å². The Morgan fingerprint density at radius 2 is 1.88 bits per heavy atom. The first kappa shape index (κ1) is 16.4. The standard InChI is InChI=1S/C21H21N3O2/c1-3-26-17-10-6-15(7-11-17)18-12-20(25)23-21-19(18)13-22-24(21)16-8-4-14(2)5-9-16/h4-11,13,18H,3,12H2,1-2H3,(H,23,25)/t18-/m1/s1. The van der Waals surface area contributed by atoms with Crippen LogP contribution >= 0.6 is 0 Å². The Morgan fingerprint density at radius 3 is 2.58 bits per heavy atom. The first-order valence-electron chi connectivity index (χ1n) is 8.83. The second-order valence-electron chi connectivity index (χ2n) is 6.50. The fourth-order valence-electron chi connectivity index (χ4n) is 3.36. The molecule has 132 valence electrons. The molecule has 4 rings (SSSR count). The van der Waals surface area contributed by atoms with Crippen molar-refractivity contribution in [3.63, 3.8) is 0 Å². The minimum Gasteiger partial charge on any atom is -0.494 e. The Kier molecular flexibility index (Phi) is 4.21. The predicted octanol–water partition coefficient (Wildman–Crippen LogP) is 4.05. The number of carbonyl (C=O) groups is 1. The Labute approximate surface area is 152 Å². The van der Waals surface area contributed by atoms with Gasteiger partial charge in [0, 0.05) is 17.9 Å². The maximum absolute atomic E-state index is 12.3. The van der Waals surface area contributed by atoms with E-state index >= 15 is 0 Å². The van der Waals surface area contributed by atoms with Crippen molar-refractivity contribution in [2.75, 3.05) is 11.9 Å². The molecule has 1 aliphatic heterocycles. The van der Waals surface area contributed by atoms with Crippen molar-refractivity contribution in [1.82, 2.24) is 9.78 Å². The number of fused-ring (bicyclic) bond motifs is 1. The van der Waals surface area contributed by atoms with Crippen LogP contribution in [0.25, 0.3) is 5.69 Å². The van der Waals surface area contributed by atoms with Gasteiger partial charge in [-0.2, -0.15) is 5.10 Å². The fourth-order valence-corrected chi connectivity index (χ4v) is 3.36. The van der Waals surface area contributed by atoms with Gasteiger partial charge < -0.3 is 10.1 Å². The summed E-state index contributed by atoms with van der Waals surface area (Å²) in [6.45, 7) is 4.65. The van der Waals surface area contributed by atoms with Crippen LogP contribution in [0.3, 0.4) is 0 Å². The lowest BCUT2D eigenvalue weighted by molar-refractivity contribution is -0.116. The van der Waals surface area contributed by atoms with E-state index in [1.54, 1.807) is 4.68 Å². The number of ether oxygens (including phenoxy) is 1. The molecule has 5 nitrogen and oxygen atoms in total. The molecule has 0 saturated carbocycles. The van der Waals surface area contributed by atoms with Crippen molar-refractivity contribution in [3.05, 3.63) is 71.4 Å². The molecule has 0 saturated heterocycles. The summed E-state index contributed by atoms with van der Waals surface area (Å²) < 4.78 is 7.31. The summed E-state index contributed by atoms with van der Waals surface area (Å²) in [7, 11) is 0. The number of hydrogen-bond donors (Lipinski definition) is 1. The first-order valence-corrected chi connectivity index (χ1v) is 8.83. The van der Waals surface area contributed by atoms with Crippen molar-refractivity contribution in [2.24, 2.45) is 0 Å². The molecule has 2 aromatic carbocycles. The molecule has 5 heteroatoms. The molecule has 1 N–H and O–H groups in total. The van der Waals surface area contributed by atoms with E-state index in [1.165, 1.54) is 5.56 Å². The zero-order valence-electron chi connectivity index (χ0n) is 14.9. The monoisotopic (exact) mass is 347 g/mol. The highest BCUT2D eigenvalue weighted by Gasteiger charge is 2.30. The summed E-state index contributed by atoms with van der Waals surface area (Å²) in [6.07, 6.45) is 2.27. The van der Waals surface area contributed by atoms with Gasteiger partial charge >= 0.3 is 0 Å². The number of nitrogens with zero attached hydrogens (tertiary/aromatic N) is 2. The van der Waals surface area contributed by atoms with Crippen LogP contribution in [0.15, 0.2) is 54.7 Å². The molecule has 3 aromatic rings. The van der Waals surface area contributed by atoms with Crippen molar-refractivity contribution in [2.45, 2.75) is 26.2 Å². The van der Waals surface area contributed by atoms with E-state index in [4.69, 9.17) is 4.74 Å². The molecule has 1 aromatic heterocycles. The molecular weight excluding hydrogens is 326 g/mol. The van der Waals surface area contributed by atoms with E-state index in [-0.39, 0.29) is 11.8 Å². The summed E-state index contributed by atoms with van der Waals surface area (Å²) in [5.41, 5.74) is 4.25. The molecule has 0 fully saturated rings. The van der Waals surface area contributed by atoms with Crippen LogP contribution in [-0.2, 0) is 4.79 Å². The second-order valence-corrected chi connectivity index (χ2v) is 6.50. The smallest absolute Gasteiger partial charge is 0.226 e. The van der Waals surface area contributed by atoms with Gasteiger partial charge in [-0.05, 0) is 43.7 Å². The normalized spacial score (nSPS) is 16.1. The SMILES string of the molecule is CCOc1ccc([C@H]2CC(=O)Nc3c2cnn3-c2ccc(C)cc2)cc1. The third-order valence-corrected chi connectivity index (χ3v) is 4.69. The van der Waals surface area contributed by atoms with Crippen LogP contribution < -0.4 is 10.1 Å². The Balaban J connectivity index is 1.72. The predicted molar refractivity (Wildman–Crippen MR) is 101 cm³/mol. The van der Waals surface area contributed by atoms with Gasteiger partial charge in [0.05, 0.1) is 18.5 Å². The molecule has 0 radical (unpaired) electrons. The molecule has 2 heterocycles. The van der Waals surface area contributed by atoms with Crippen LogP contribution in [-0.4, -0.2) is 22.3 Å². The molecule has 0 bridgehead atoms. The molecule has 1 amide bonds. The van der Waals surface area contributed by atoms with E-state index < -0.39 is 0 Å². The van der Waals surface area contributed by atoms with E-state index in [2.05, 4.69) is 10.4 Å². The number of aromatic nitrogens is 2. The van der Waals surface area contributed by atoms with Crippen molar-refractivity contribution in [3.8, 4) is 11.4 Å². The maximum atomic E-state index is 12.3. The van der Waals surface area contributed by atoms with E-state index in [1.807, 2.05) is 68.6 Å². The van der Waals surface area contributed by atoms with Gasteiger partial charge in [-0.1, -0.05) is 29.8 Å². The number of benzene rings is 2. The zero-order valence-corrected chi connectivity index (χ0v) is 14.9. The highest BCUT2D eigenvalue weighted by molar-refractivity contribution is 5.94. The first-order chi connectivity index (χ1) is 12.7. The molecule has 26 heavy (non-hydrogen) atoms. The number of anilines is 1. The largest absolute Gasteiger partial charge is 0.494 e.